The predicted octanol–water partition coefficient (Wildman–Crippen LogP) is 0.594. The first-order valence-corrected chi connectivity index (χ1v) is 8.62. The number of aromatic nitrogens is 3. The van der Waals surface area contributed by atoms with Crippen LogP contribution < -0.4 is 9.80 Å². The van der Waals surface area contributed by atoms with E-state index in [2.05, 4.69) is 9.97 Å². The third kappa shape index (κ3) is 3.65. The van der Waals surface area contributed by atoms with E-state index in [4.69, 9.17) is 0 Å². The van der Waals surface area contributed by atoms with Gasteiger partial charge in [0, 0.05) is 53.5 Å². The van der Waals surface area contributed by atoms with Crippen LogP contribution >= 0.6 is 0 Å². The van der Waals surface area contributed by atoms with Crippen molar-refractivity contribution in [1.82, 2.24) is 19.4 Å². The molecule has 1 saturated heterocycles. The van der Waals surface area contributed by atoms with Gasteiger partial charge in [-0.05, 0) is 18.6 Å². The van der Waals surface area contributed by atoms with Gasteiger partial charge in [-0.25, -0.2) is 9.97 Å². The second-order valence-electron chi connectivity index (χ2n) is 7.19. The molecule has 1 fully saturated rings. The molecule has 3 heterocycles. The highest BCUT2D eigenvalue weighted by Gasteiger charge is 2.38. The molecule has 140 valence electrons. The molecule has 3 rings (SSSR count). The number of aryl methyl sites for hydroxylation is 1. The van der Waals surface area contributed by atoms with Crippen molar-refractivity contribution in [1.29, 1.82) is 0 Å². The third-order valence-electron chi connectivity index (χ3n) is 4.79. The van der Waals surface area contributed by atoms with Gasteiger partial charge in [-0.3, -0.25) is 4.79 Å². The maximum atomic E-state index is 12.6. The van der Waals surface area contributed by atoms with Crippen LogP contribution in [-0.4, -0.2) is 76.8 Å². The number of carbonyl (C=O) groups is 1. The Balaban J connectivity index is 1.68. The zero-order chi connectivity index (χ0) is 18.9. The lowest BCUT2D eigenvalue weighted by Gasteiger charge is -2.29. The molecule has 0 radical (unpaired) electrons. The summed E-state index contributed by atoms with van der Waals surface area (Å²) < 4.78 is 1.79. The maximum Gasteiger partial charge on any atom is 0.270 e. The van der Waals surface area contributed by atoms with Gasteiger partial charge in [0.1, 0.15) is 29.3 Å². The highest BCUT2D eigenvalue weighted by atomic mass is 16.3. The van der Waals surface area contributed by atoms with Crippen molar-refractivity contribution in [2.75, 3.05) is 50.6 Å². The molecule has 8 heteroatoms. The van der Waals surface area contributed by atoms with E-state index in [1.54, 1.807) is 22.6 Å². The molecule has 2 aromatic rings. The van der Waals surface area contributed by atoms with Crippen LogP contribution in [-0.2, 0) is 7.05 Å². The SMILES string of the molecule is CN(C[C@]1(O)CCN(c2cc(N(C)C)ncn2)C1)C(=O)c1cccn1C. The van der Waals surface area contributed by atoms with Crippen molar-refractivity contribution in [3.63, 3.8) is 0 Å². The van der Waals surface area contributed by atoms with E-state index in [0.717, 1.165) is 11.6 Å². The van der Waals surface area contributed by atoms with E-state index in [-0.39, 0.29) is 12.5 Å². The zero-order valence-corrected chi connectivity index (χ0v) is 15.8. The van der Waals surface area contributed by atoms with Crippen LogP contribution in [0.25, 0.3) is 0 Å². The fourth-order valence-electron chi connectivity index (χ4n) is 3.33. The number of rotatable bonds is 5. The summed E-state index contributed by atoms with van der Waals surface area (Å²) >= 11 is 0. The Morgan fingerprint density at radius 2 is 2.12 bits per heavy atom. The first-order chi connectivity index (χ1) is 12.3. The van der Waals surface area contributed by atoms with Gasteiger partial charge in [-0.15, -0.1) is 0 Å². The number of carbonyl (C=O) groups excluding carboxylic acids is 1. The zero-order valence-electron chi connectivity index (χ0n) is 15.8. The maximum absolute atomic E-state index is 12.6. The Bertz CT molecular complexity index is 789. The monoisotopic (exact) mass is 358 g/mol. The van der Waals surface area contributed by atoms with Crippen LogP contribution in [0.5, 0.6) is 0 Å². The minimum atomic E-state index is -0.960. The first-order valence-electron chi connectivity index (χ1n) is 8.62. The van der Waals surface area contributed by atoms with Crippen molar-refractivity contribution >= 4 is 17.5 Å². The van der Waals surface area contributed by atoms with Crippen LogP contribution in [0.1, 0.15) is 16.9 Å². The first kappa shape index (κ1) is 18.2. The highest BCUT2D eigenvalue weighted by molar-refractivity contribution is 5.92. The predicted molar refractivity (Wildman–Crippen MR) is 101 cm³/mol. The molecule has 0 aliphatic carbocycles. The van der Waals surface area contributed by atoms with E-state index in [0.29, 0.717) is 25.2 Å². The van der Waals surface area contributed by atoms with Crippen molar-refractivity contribution in [2.45, 2.75) is 12.0 Å². The lowest BCUT2D eigenvalue weighted by Crippen LogP contribution is -2.46. The number of aliphatic hydroxyl groups is 1. The van der Waals surface area contributed by atoms with Gasteiger partial charge in [0.05, 0.1) is 6.54 Å². The van der Waals surface area contributed by atoms with Gasteiger partial charge in [-0.1, -0.05) is 0 Å². The number of β-amino-alcohol motifs (C(OH)–C–C–N with tert-alkyl or cyclic N) is 1. The second-order valence-corrected chi connectivity index (χ2v) is 7.19. The van der Waals surface area contributed by atoms with Crippen LogP contribution in [0.4, 0.5) is 11.6 Å². The molecule has 26 heavy (non-hydrogen) atoms. The Kier molecular flexibility index (Phi) is 4.86. The molecule has 0 spiro atoms. The van der Waals surface area contributed by atoms with E-state index >= 15 is 0 Å². The lowest BCUT2D eigenvalue weighted by molar-refractivity contribution is 0.0260. The van der Waals surface area contributed by atoms with Gasteiger partial charge in [0.15, 0.2) is 0 Å². The molecule has 1 aliphatic heterocycles. The summed E-state index contributed by atoms with van der Waals surface area (Å²) in [5.41, 5.74) is -0.351. The van der Waals surface area contributed by atoms with Crippen LogP contribution in [0, 0.1) is 0 Å². The summed E-state index contributed by atoms with van der Waals surface area (Å²) in [6.07, 6.45) is 3.96. The van der Waals surface area contributed by atoms with E-state index in [9.17, 15) is 9.90 Å². The summed E-state index contributed by atoms with van der Waals surface area (Å²) in [5, 5.41) is 11.0. The molecule has 1 atom stereocenters. The van der Waals surface area contributed by atoms with Crippen LogP contribution in [0.15, 0.2) is 30.7 Å². The molecular weight excluding hydrogens is 332 g/mol. The fraction of sp³-hybridized carbons (Fsp3) is 0.500. The van der Waals surface area contributed by atoms with Gasteiger partial charge in [0.25, 0.3) is 5.91 Å². The Morgan fingerprint density at radius 1 is 1.35 bits per heavy atom. The molecule has 1 amide bonds. The van der Waals surface area contributed by atoms with Crippen molar-refractivity contribution in [3.8, 4) is 0 Å². The standard InChI is InChI=1S/C18H26N6O2/c1-21(2)15-10-16(20-13-19-15)24-9-7-18(26,12-24)11-23(4)17(25)14-6-5-8-22(14)3/h5-6,8,10,13,26H,7,9,11-12H2,1-4H3/t18-/m1/s1. The van der Waals surface area contributed by atoms with E-state index < -0.39 is 5.60 Å². The van der Waals surface area contributed by atoms with Crippen LogP contribution in [0.2, 0.25) is 0 Å². The molecule has 0 bridgehead atoms. The van der Waals surface area contributed by atoms with Crippen LogP contribution in [0.3, 0.4) is 0 Å². The molecule has 1 N–H and O–H groups in total. The minimum Gasteiger partial charge on any atom is -0.386 e. The fourth-order valence-corrected chi connectivity index (χ4v) is 3.33. The van der Waals surface area contributed by atoms with E-state index in [1.165, 1.54) is 6.33 Å². The van der Waals surface area contributed by atoms with Crippen molar-refractivity contribution in [3.05, 3.63) is 36.4 Å². The normalized spacial score (nSPS) is 19.7. The van der Waals surface area contributed by atoms with Gasteiger partial charge in [0.2, 0.25) is 0 Å². The smallest absolute Gasteiger partial charge is 0.270 e. The van der Waals surface area contributed by atoms with Gasteiger partial charge >= 0.3 is 0 Å². The summed E-state index contributed by atoms with van der Waals surface area (Å²) in [6, 6.07) is 5.53. The highest BCUT2D eigenvalue weighted by Crippen LogP contribution is 2.27. The lowest BCUT2D eigenvalue weighted by atomic mass is 10.0. The number of likely N-dealkylation sites (N-methyl/N-ethyl adjacent to an activating group) is 1. The van der Waals surface area contributed by atoms with Crippen molar-refractivity contribution in [2.24, 2.45) is 7.05 Å². The summed E-state index contributed by atoms with van der Waals surface area (Å²) in [4.78, 5) is 26.7. The largest absolute Gasteiger partial charge is 0.386 e. The Hall–Kier alpha value is -2.61. The molecule has 8 nitrogen and oxygen atoms in total. The van der Waals surface area contributed by atoms with Gasteiger partial charge < -0.3 is 24.4 Å². The third-order valence-corrected chi connectivity index (χ3v) is 4.79. The molecule has 0 aromatic carbocycles. The molecule has 2 aromatic heterocycles. The Morgan fingerprint density at radius 3 is 2.77 bits per heavy atom. The quantitative estimate of drug-likeness (QED) is 0.843. The Labute approximate surface area is 153 Å². The topological polar surface area (TPSA) is 77.7 Å². The second kappa shape index (κ2) is 6.95. The number of amides is 1. The van der Waals surface area contributed by atoms with Crippen molar-refractivity contribution < 1.29 is 9.90 Å². The number of nitrogens with zero attached hydrogens (tertiary/aromatic N) is 6. The number of hydrogen-bond donors (Lipinski definition) is 1. The van der Waals surface area contributed by atoms with Gasteiger partial charge in [-0.2, -0.15) is 0 Å². The van der Waals surface area contributed by atoms with E-state index in [1.807, 2.05) is 49.3 Å². The average molecular weight is 358 g/mol. The minimum absolute atomic E-state index is 0.0960. The average Bonchev–Trinajstić information content (AvgIpc) is 3.20. The molecule has 0 saturated carbocycles. The summed E-state index contributed by atoms with van der Waals surface area (Å²) in [5.74, 6) is 1.51. The molecular formula is C18H26N6O2. The summed E-state index contributed by atoms with van der Waals surface area (Å²) in [7, 11) is 7.42. The summed E-state index contributed by atoms with van der Waals surface area (Å²) in [6.45, 7) is 1.40. The molecule has 1 aliphatic rings. The number of anilines is 2. The molecule has 0 unspecified atom stereocenters. The number of hydrogen-bond acceptors (Lipinski definition) is 6.